The number of nitrogens with zero attached hydrogens (tertiary/aromatic N) is 4. The van der Waals surface area contributed by atoms with Crippen LogP contribution in [0.15, 0.2) is 47.6 Å². The van der Waals surface area contributed by atoms with Crippen molar-refractivity contribution in [3.63, 3.8) is 0 Å². The zero-order chi connectivity index (χ0) is 22.5. The maximum absolute atomic E-state index is 12.5. The number of halogens is 2. The van der Waals surface area contributed by atoms with Crippen molar-refractivity contribution in [2.45, 2.75) is 24.4 Å². The molecule has 0 atom stereocenters. The van der Waals surface area contributed by atoms with Crippen LogP contribution < -0.4 is 15.0 Å². The smallest absolute Gasteiger partial charge is 0.232 e. The van der Waals surface area contributed by atoms with Crippen molar-refractivity contribution in [1.82, 2.24) is 14.8 Å². The molecule has 3 aromatic rings. The van der Waals surface area contributed by atoms with Crippen LogP contribution in [0.25, 0.3) is 5.69 Å². The molecule has 0 bridgehead atoms. The molecular formula is C22H23Cl2N5O2S. The van der Waals surface area contributed by atoms with Crippen molar-refractivity contribution in [1.29, 1.82) is 0 Å². The van der Waals surface area contributed by atoms with Gasteiger partial charge >= 0.3 is 0 Å². The number of amides is 1. The second kappa shape index (κ2) is 10.5. The third-order valence-corrected chi connectivity index (χ3v) is 6.58. The summed E-state index contributed by atoms with van der Waals surface area (Å²) < 4.78 is 7.27. The highest BCUT2D eigenvalue weighted by molar-refractivity contribution is 7.99. The van der Waals surface area contributed by atoms with E-state index in [-0.39, 0.29) is 12.3 Å². The molecule has 1 amide bonds. The summed E-state index contributed by atoms with van der Waals surface area (Å²) in [5.74, 6) is 1.73. The number of nitrogens with one attached hydrogen (secondary N) is 1. The van der Waals surface area contributed by atoms with Gasteiger partial charge in [-0.2, -0.15) is 0 Å². The summed E-state index contributed by atoms with van der Waals surface area (Å²) in [5.41, 5.74) is 1.38. The monoisotopic (exact) mass is 491 g/mol. The van der Waals surface area contributed by atoms with E-state index in [0.29, 0.717) is 32.4 Å². The van der Waals surface area contributed by atoms with E-state index in [2.05, 4.69) is 20.4 Å². The van der Waals surface area contributed by atoms with E-state index in [0.717, 1.165) is 37.6 Å². The summed E-state index contributed by atoms with van der Waals surface area (Å²) in [6.07, 6.45) is 2.55. The fourth-order valence-electron chi connectivity index (χ4n) is 3.55. The molecule has 4 rings (SSSR count). The summed E-state index contributed by atoms with van der Waals surface area (Å²) in [6, 6.07) is 12.7. The summed E-state index contributed by atoms with van der Waals surface area (Å²) in [5, 5.41) is 13.6. The van der Waals surface area contributed by atoms with Crippen molar-refractivity contribution in [3.05, 3.63) is 52.5 Å². The number of methoxy groups -OCH3 is 1. The Kier molecular flexibility index (Phi) is 7.44. The van der Waals surface area contributed by atoms with Gasteiger partial charge in [-0.15, -0.1) is 10.2 Å². The van der Waals surface area contributed by atoms with E-state index >= 15 is 0 Å². The summed E-state index contributed by atoms with van der Waals surface area (Å²) in [7, 11) is 1.55. The highest BCUT2D eigenvalue weighted by Crippen LogP contribution is 2.32. The van der Waals surface area contributed by atoms with E-state index in [9.17, 15) is 4.79 Å². The first-order chi connectivity index (χ1) is 15.6. The van der Waals surface area contributed by atoms with Gasteiger partial charge in [-0.25, -0.2) is 0 Å². The number of ether oxygens (including phenoxy) is 1. The molecule has 2 aromatic carbocycles. The normalized spacial score (nSPS) is 13.4. The molecule has 32 heavy (non-hydrogen) atoms. The van der Waals surface area contributed by atoms with E-state index in [1.54, 1.807) is 25.3 Å². The summed E-state index contributed by atoms with van der Waals surface area (Å²) >= 11 is 14.0. The molecule has 1 aliphatic rings. The van der Waals surface area contributed by atoms with Crippen LogP contribution in [-0.4, -0.2) is 46.6 Å². The molecule has 1 aliphatic heterocycles. The van der Waals surface area contributed by atoms with Gasteiger partial charge in [-0.3, -0.25) is 9.36 Å². The second-order valence-corrected chi connectivity index (χ2v) is 9.16. The van der Waals surface area contributed by atoms with E-state index in [1.807, 2.05) is 28.8 Å². The van der Waals surface area contributed by atoms with E-state index in [1.165, 1.54) is 11.8 Å². The largest absolute Gasteiger partial charge is 0.495 e. The van der Waals surface area contributed by atoms with Crippen molar-refractivity contribution < 1.29 is 9.53 Å². The standard InChI is InChI=1S/C22H23Cl2N5O2S/c1-31-19-9-8-15(23)14-17(19)25-20(30)10-13-32-22-27-26-21(28-11-4-5-12-28)29(22)18-7-3-2-6-16(18)24/h2-3,6-9,14H,4-5,10-13H2,1H3,(H,25,30). The topological polar surface area (TPSA) is 72.3 Å². The van der Waals surface area contributed by atoms with Crippen molar-refractivity contribution in [3.8, 4) is 11.4 Å². The molecule has 0 aliphatic carbocycles. The lowest BCUT2D eigenvalue weighted by Crippen LogP contribution is -2.22. The average Bonchev–Trinajstić information content (AvgIpc) is 3.44. The van der Waals surface area contributed by atoms with Crippen LogP contribution in [-0.2, 0) is 4.79 Å². The second-order valence-electron chi connectivity index (χ2n) is 7.25. The Morgan fingerprint density at radius 1 is 1.16 bits per heavy atom. The maximum atomic E-state index is 12.5. The van der Waals surface area contributed by atoms with Gasteiger partial charge in [0, 0.05) is 30.3 Å². The van der Waals surface area contributed by atoms with Crippen LogP contribution in [0.4, 0.5) is 11.6 Å². The average molecular weight is 492 g/mol. The number of thioether (sulfide) groups is 1. The molecule has 0 unspecified atom stereocenters. The molecule has 0 saturated carbocycles. The molecule has 1 fully saturated rings. The quantitative estimate of drug-likeness (QED) is 0.430. The molecular weight excluding hydrogens is 469 g/mol. The molecule has 0 radical (unpaired) electrons. The maximum Gasteiger partial charge on any atom is 0.232 e. The van der Waals surface area contributed by atoms with Crippen molar-refractivity contribution >= 4 is 52.5 Å². The number of benzene rings is 2. The van der Waals surface area contributed by atoms with E-state index < -0.39 is 0 Å². The lowest BCUT2D eigenvalue weighted by Gasteiger charge is -2.19. The molecule has 2 heterocycles. The van der Waals surface area contributed by atoms with Gasteiger partial charge in [0.25, 0.3) is 0 Å². The number of rotatable bonds is 8. The van der Waals surface area contributed by atoms with Crippen LogP contribution in [0.5, 0.6) is 5.75 Å². The van der Waals surface area contributed by atoms with Gasteiger partial charge in [0.1, 0.15) is 5.75 Å². The Labute approximate surface area is 201 Å². The van der Waals surface area contributed by atoms with Crippen molar-refractivity contribution in [2.75, 3.05) is 36.2 Å². The Bertz CT molecular complexity index is 1100. The van der Waals surface area contributed by atoms with Crippen LogP contribution in [0.3, 0.4) is 0 Å². The Hall–Kier alpha value is -2.42. The lowest BCUT2D eigenvalue weighted by atomic mass is 10.3. The number of carbonyl (C=O) groups excluding carboxylic acids is 1. The fourth-order valence-corrected chi connectivity index (χ4v) is 4.82. The number of para-hydroxylation sites is 1. The van der Waals surface area contributed by atoms with Gasteiger partial charge in [0.15, 0.2) is 5.16 Å². The minimum Gasteiger partial charge on any atom is -0.495 e. The predicted octanol–water partition coefficient (Wildman–Crippen LogP) is 5.30. The molecule has 1 aromatic heterocycles. The van der Waals surface area contributed by atoms with Gasteiger partial charge in [-0.1, -0.05) is 47.1 Å². The molecule has 0 spiro atoms. The predicted molar refractivity (Wildman–Crippen MR) is 130 cm³/mol. The SMILES string of the molecule is COc1ccc(Cl)cc1NC(=O)CCSc1nnc(N2CCCC2)n1-c1ccccc1Cl. The Morgan fingerprint density at radius 3 is 2.69 bits per heavy atom. The first-order valence-electron chi connectivity index (χ1n) is 10.3. The van der Waals surface area contributed by atoms with Gasteiger partial charge in [0.05, 0.1) is 23.5 Å². The number of hydrogen-bond acceptors (Lipinski definition) is 6. The van der Waals surface area contributed by atoms with Gasteiger partial charge < -0.3 is 15.0 Å². The van der Waals surface area contributed by atoms with Crippen LogP contribution >= 0.6 is 35.0 Å². The zero-order valence-corrected chi connectivity index (χ0v) is 19.9. The highest BCUT2D eigenvalue weighted by atomic mass is 35.5. The van der Waals surface area contributed by atoms with Gasteiger partial charge in [-0.05, 0) is 43.2 Å². The van der Waals surface area contributed by atoms with Crippen LogP contribution in [0.2, 0.25) is 10.0 Å². The first kappa shape index (κ1) is 22.8. The third-order valence-electron chi connectivity index (χ3n) is 5.09. The van der Waals surface area contributed by atoms with Gasteiger partial charge in [0.2, 0.25) is 11.9 Å². The van der Waals surface area contributed by atoms with E-state index in [4.69, 9.17) is 27.9 Å². The molecule has 7 nitrogen and oxygen atoms in total. The minimum absolute atomic E-state index is 0.137. The zero-order valence-electron chi connectivity index (χ0n) is 17.6. The number of anilines is 2. The lowest BCUT2D eigenvalue weighted by molar-refractivity contribution is -0.115. The fraction of sp³-hybridized carbons (Fsp3) is 0.318. The third kappa shape index (κ3) is 5.14. The minimum atomic E-state index is -0.137. The molecule has 168 valence electrons. The number of carbonyl (C=O) groups is 1. The first-order valence-corrected chi connectivity index (χ1v) is 12.0. The number of hydrogen-bond donors (Lipinski definition) is 1. The molecule has 10 heteroatoms. The molecule has 1 saturated heterocycles. The molecule has 1 N–H and O–H groups in total. The van der Waals surface area contributed by atoms with Crippen molar-refractivity contribution in [2.24, 2.45) is 0 Å². The van der Waals surface area contributed by atoms with Crippen LogP contribution in [0, 0.1) is 0 Å². The Morgan fingerprint density at radius 2 is 1.94 bits per heavy atom. The highest BCUT2D eigenvalue weighted by Gasteiger charge is 2.23. The Balaban J connectivity index is 1.47. The van der Waals surface area contributed by atoms with Crippen LogP contribution in [0.1, 0.15) is 19.3 Å². The summed E-state index contributed by atoms with van der Waals surface area (Å²) in [4.78, 5) is 14.7. The summed E-state index contributed by atoms with van der Waals surface area (Å²) in [6.45, 7) is 1.88. The number of aromatic nitrogens is 3.